The molecular weight excluding hydrogens is 118 g/mol. The normalized spacial score (nSPS) is 31.5. The van der Waals surface area contributed by atoms with Crippen LogP contribution in [0.15, 0.2) is 0 Å². The van der Waals surface area contributed by atoms with E-state index >= 15 is 0 Å². The van der Waals surface area contributed by atoms with E-state index in [2.05, 4.69) is 24.6 Å². The predicted octanol–water partition coefficient (Wildman–Crippen LogP) is 1.01. The number of likely N-dealkylation sites (tertiary alicyclic amines) is 1. The molecule has 0 aromatic carbocycles. The van der Waals surface area contributed by atoms with Crippen LogP contribution in [0.25, 0.3) is 0 Å². The molecule has 0 bridgehead atoms. The fraction of sp³-hybridized carbons (Fsp3) is 1.00. The first kappa shape index (κ1) is 6.43. The first-order chi connectivity index (χ1) is 3.84. The summed E-state index contributed by atoms with van der Waals surface area (Å²) in [7, 11) is 2.17. The number of hydrogen-bond donors (Lipinski definition) is 1. The smallest absolute Gasteiger partial charge is 0.0181 e. The quantitative estimate of drug-likeness (QED) is 0.520. The van der Waals surface area contributed by atoms with Crippen molar-refractivity contribution in [3.8, 4) is 0 Å². The molecule has 0 aromatic rings. The lowest BCUT2D eigenvalue weighted by Gasteiger charge is -2.15. The van der Waals surface area contributed by atoms with Gasteiger partial charge in [-0.2, -0.15) is 12.6 Å². The van der Waals surface area contributed by atoms with Gasteiger partial charge in [-0.05, 0) is 26.4 Å². The highest BCUT2D eigenvalue weighted by atomic mass is 32.1. The van der Waals surface area contributed by atoms with E-state index in [9.17, 15) is 0 Å². The summed E-state index contributed by atoms with van der Waals surface area (Å²) in [5, 5.41) is 0. The van der Waals surface area contributed by atoms with Crippen LogP contribution in [-0.2, 0) is 0 Å². The van der Waals surface area contributed by atoms with Crippen LogP contribution in [0.5, 0.6) is 0 Å². The monoisotopic (exact) mass is 131 g/mol. The zero-order valence-electron chi connectivity index (χ0n) is 5.30. The van der Waals surface area contributed by atoms with Crippen molar-refractivity contribution in [3.05, 3.63) is 0 Å². The molecule has 0 N–H and O–H groups in total. The van der Waals surface area contributed by atoms with E-state index in [0.29, 0.717) is 0 Å². The second kappa shape index (κ2) is 2.74. The van der Waals surface area contributed by atoms with E-state index in [0.717, 1.165) is 11.8 Å². The topological polar surface area (TPSA) is 3.24 Å². The van der Waals surface area contributed by atoms with Gasteiger partial charge in [-0.1, -0.05) is 0 Å². The molecule has 0 saturated carbocycles. The summed E-state index contributed by atoms with van der Waals surface area (Å²) in [6.45, 7) is 1.27. The predicted molar refractivity (Wildman–Crippen MR) is 39.5 cm³/mol. The summed E-state index contributed by atoms with van der Waals surface area (Å²) in [5.41, 5.74) is 0. The summed E-state index contributed by atoms with van der Waals surface area (Å²) >= 11 is 4.23. The molecule has 1 aliphatic heterocycles. The summed E-state index contributed by atoms with van der Waals surface area (Å²) in [6, 6.07) is 0.762. The van der Waals surface area contributed by atoms with Gasteiger partial charge in [0.05, 0.1) is 0 Å². The second-order valence-corrected chi connectivity index (χ2v) is 2.82. The molecule has 1 aliphatic rings. The Morgan fingerprint density at radius 2 is 2.50 bits per heavy atom. The molecule has 1 nitrogen and oxygen atoms in total. The molecule has 0 aromatic heterocycles. The highest BCUT2D eigenvalue weighted by Gasteiger charge is 2.18. The van der Waals surface area contributed by atoms with Gasteiger partial charge >= 0.3 is 0 Å². The van der Waals surface area contributed by atoms with Crippen molar-refractivity contribution in [2.24, 2.45) is 0 Å². The molecule has 48 valence electrons. The largest absolute Gasteiger partial charge is 0.303 e. The number of rotatable bonds is 1. The van der Waals surface area contributed by atoms with Crippen molar-refractivity contribution in [1.82, 2.24) is 4.90 Å². The average molecular weight is 131 g/mol. The molecule has 2 heteroatoms. The summed E-state index contributed by atoms with van der Waals surface area (Å²) in [6.07, 6.45) is 2.71. The highest BCUT2D eigenvalue weighted by Crippen LogP contribution is 2.14. The van der Waals surface area contributed by atoms with Gasteiger partial charge in [0.1, 0.15) is 0 Å². The fourth-order valence-corrected chi connectivity index (χ4v) is 1.67. The molecule has 1 saturated heterocycles. The Balaban J connectivity index is 2.30. The fourth-order valence-electron chi connectivity index (χ4n) is 1.21. The summed E-state index contributed by atoms with van der Waals surface area (Å²) < 4.78 is 0. The maximum atomic E-state index is 4.23. The Kier molecular flexibility index (Phi) is 2.20. The Morgan fingerprint density at radius 1 is 1.75 bits per heavy atom. The molecule has 0 spiro atoms. The summed E-state index contributed by atoms with van der Waals surface area (Å²) in [4.78, 5) is 2.38. The minimum Gasteiger partial charge on any atom is -0.303 e. The van der Waals surface area contributed by atoms with E-state index in [1.807, 2.05) is 0 Å². The number of thiol groups is 1. The van der Waals surface area contributed by atoms with Gasteiger partial charge in [0.25, 0.3) is 0 Å². The lowest BCUT2D eigenvalue weighted by Crippen LogP contribution is -2.25. The van der Waals surface area contributed by atoms with Gasteiger partial charge in [0, 0.05) is 11.8 Å². The standard InChI is InChI=1S/C6H13NS/c1-7-4-2-3-6(7)5-8/h6,8H,2-5H2,1H3. The van der Waals surface area contributed by atoms with Crippen LogP contribution in [0.4, 0.5) is 0 Å². The van der Waals surface area contributed by atoms with Crippen molar-refractivity contribution in [3.63, 3.8) is 0 Å². The van der Waals surface area contributed by atoms with Gasteiger partial charge in [0.15, 0.2) is 0 Å². The van der Waals surface area contributed by atoms with E-state index in [-0.39, 0.29) is 0 Å². The average Bonchev–Trinajstić information content (AvgIpc) is 2.14. The van der Waals surface area contributed by atoms with Crippen LogP contribution in [-0.4, -0.2) is 30.3 Å². The molecule has 8 heavy (non-hydrogen) atoms. The van der Waals surface area contributed by atoms with E-state index < -0.39 is 0 Å². The Hall–Kier alpha value is 0.310. The third-order valence-corrected chi connectivity index (χ3v) is 2.30. The van der Waals surface area contributed by atoms with Crippen molar-refractivity contribution >= 4 is 12.6 Å². The minimum atomic E-state index is 0.762. The zero-order chi connectivity index (χ0) is 5.98. The van der Waals surface area contributed by atoms with Crippen LogP contribution in [0.2, 0.25) is 0 Å². The lowest BCUT2D eigenvalue weighted by molar-refractivity contribution is 0.335. The molecule has 1 rings (SSSR count). The van der Waals surface area contributed by atoms with Crippen LogP contribution in [0.3, 0.4) is 0 Å². The first-order valence-corrected chi connectivity index (χ1v) is 3.79. The SMILES string of the molecule is CN1CCCC1CS. The maximum Gasteiger partial charge on any atom is 0.0181 e. The second-order valence-electron chi connectivity index (χ2n) is 2.46. The Morgan fingerprint density at radius 3 is 2.75 bits per heavy atom. The first-order valence-electron chi connectivity index (χ1n) is 3.15. The third kappa shape index (κ3) is 1.17. The zero-order valence-corrected chi connectivity index (χ0v) is 6.19. The van der Waals surface area contributed by atoms with E-state index in [1.165, 1.54) is 19.4 Å². The lowest BCUT2D eigenvalue weighted by atomic mass is 10.2. The van der Waals surface area contributed by atoms with Crippen LogP contribution < -0.4 is 0 Å². The third-order valence-electron chi connectivity index (χ3n) is 1.88. The molecule has 1 unspecified atom stereocenters. The number of nitrogens with zero attached hydrogens (tertiary/aromatic N) is 1. The van der Waals surface area contributed by atoms with Crippen molar-refractivity contribution in [2.45, 2.75) is 18.9 Å². The number of hydrogen-bond acceptors (Lipinski definition) is 2. The van der Waals surface area contributed by atoms with Gasteiger partial charge < -0.3 is 4.90 Å². The van der Waals surface area contributed by atoms with Crippen molar-refractivity contribution in [1.29, 1.82) is 0 Å². The Labute approximate surface area is 56.5 Å². The van der Waals surface area contributed by atoms with Gasteiger partial charge in [-0.3, -0.25) is 0 Å². The van der Waals surface area contributed by atoms with Crippen LogP contribution >= 0.6 is 12.6 Å². The van der Waals surface area contributed by atoms with Crippen molar-refractivity contribution < 1.29 is 0 Å². The molecule has 1 heterocycles. The molecule has 0 radical (unpaired) electrons. The van der Waals surface area contributed by atoms with Crippen molar-refractivity contribution in [2.75, 3.05) is 19.3 Å². The van der Waals surface area contributed by atoms with Gasteiger partial charge in [-0.15, -0.1) is 0 Å². The van der Waals surface area contributed by atoms with E-state index in [4.69, 9.17) is 0 Å². The summed E-state index contributed by atoms with van der Waals surface area (Å²) in [5.74, 6) is 1.02. The molecule has 0 aliphatic carbocycles. The van der Waals surface area contributed by atoms with Crippen LogP contribution in [0.1, 0.15) is 12.8 Å². The van der Waals surface area contributed by atoms with Gasteiger partial charge in [-0.25, -0.2) is 0 Å². The minimum absolute atomic E-state index is 0.762. The highest BCUT2D eigenvalue weighted by molar-refractivity contribution is 7.80. The molecule has 0 amide bonds. The van der Waals surface area contributed by atoms with Crippen LogP contribution in [0, 0.1) is 0 Å². The van der Waals surface area contributed by atoms with E-state index in [1.54, 1.807) is 0 Å². The molecule has 1 atom stereocenters. The maximum absolute atomic E-state index is 4.23. The Bertz CT molecular complexity index is 74.9. The molecular formula is C6H13NS. The molecule has 1 fully saturated rings. The van der Waals surface area contributed by atoms with Gasteiger partial charge in [0.2, 0.25) is 0 Å².